The predicted molar refractivity (Wildman–Crippen MR) is 107 cm³/mol. The maximum atomic E-state index is 6.19. The second-order valence-electron chi connectivity index (χ2n) is 6.20. The molecule has 0 aliphatic rings. The van der Waals surface area contributed by atoms with Crippen molar-refractivity contribution in [2.75, 3.05) is 0 Å². The van der Waals surface area contributed by atoms with Crippen molar-refractivity contribution in [1.29, 1.82) is 0 Å². The molecule has 136 valence electrons. The molecule has 0 fully saturated rings. The molecule has 0 amide bonds. The van der Waals surface area contributed by atoms with E-state index >= 15 is 0 Å². The Kier molecular flexibility index (Phi) is 5.01. The Bertz CT molecular complexity index is 1070. The molecule has 0 aliphatic carbocycles. The number of benzene rings is 2. The lowest BCUT2D eigenvalue weighted by Crippen LogP contribution is -1.97. The van der Waals surface area contributed by atoms with Gasteiger partial charge in [0.1, 0.15) is 0 Å². The van der Waals surface area contributed by atoms with E-state index in [1.807, 2.05) is 24.4 Å². The third-order valence-electron chi connectivity index (χ3n) is 3.99. The highest BCUT2D eigenvalue weighted by Crippen LogP contribution is 2.29. The van der Waals surface area contributed by atoms with Crippen molar-refractivity contribution in [3.63, 3.8) is 0 Å². The van der Waals surface area contributed by atoms with Crippen LogP contribution in [-0.2, 0) is 5.75 Å². The number of nitrogens with zero attached hydrogens (tertiary/aromatic N) is 4. The van der Waals surface area contributed by atoms with Crippen molar-refractivity contribution in [1.82, 2.24) is 19.7 Å². The van der Waals surface area contributed by atoms with Crippen molar-refractivity contribution in [3.8, 4) is 17.1 Å². The lowest BCUT2D eigenvalue weighted by Gasteiger charge is -2.09. The van der Waals surface area contributed by atoms with Crippen molar-refractivity contribution < 1.29 is 4.42 Å². The van der Waals surface area contributed by atoms with Crippen LogP contribution in [0.25, 0.3) is 17.1 Å². The van der Waals surface area contributed by atoms with E-state index in [0.717, 1.165) is 16.4 Å². The van der Waals surface area contributed by atoms with Crippen LogP contribution < -0.4 is 0 Å². The van der Waals surface area contributed by atoms with Gasteiger partial charge < -0.3 is 4.42 Å². The summed E-state index contributed by atoms with van der Waals surface area (Å²) in [7, 11) is 0. The van der Waals surface area contributed by atoms with Gasteiger partial charge in [-0.2, -0.15) is 0 Å². The third-order valence-corrected chi connectivity index (χ3v) is 5.27. The number of hydrogen-bond donors (Lipinski definition) is 0. The van der Waals surface area contributed by atoms with Crippen LogP contribution in [0.2, 0.25) is 5.02 Å². The fourth-order valence-corrected chi connectivity index (χ4v) is 3.89. The van der Waals surface area contributed by atoms with Crippen molar-refractivity contribution in [2.24, 2.45) is 0 Å². The van der Waals surface area contributed by atoms with E-state index < -0.39 is 0 Å². The number of rotatable bonds is 5. The molecule has 4 rings (SSSR count). The Morgan fingerprint density at radius 3 is 2.63 bits per heavy atom. The molecule has 5 nitrogen and oxygen atoms in total. The molecule has 0 radical (unpaired) electrons. The molecule has 0 unspecified atom stereocenters. The SMILES string of the molecule is Cc1cc(C)cc(-n2ccnc2SCc2nnc(-c3ccccc3Cl)o2)c1. The summed E-state index contributed by atoms with van der Waals surface area (Å²) < 4.78 is 7.83. The van der Waals surface area contributed by atoms with E-state index in [9.17, 15) is 0 Å². The van der Waals surface area contributed by atoms with Gasteiger partial charge in [0.2, 0.25) is 11.8 Å². The van der Waals surface area contributed by atoms with E-state index in [0.29, 0.717) is 22.6 Å². The van der Waals surface area contributed by atoms with Crippen LogP contribution in [0.1, 0.15) is 17.0 Å². The second kappa shape index (κ2) is 7.58. The molecule has 2 aromatic heterocycles. The first-order chi connectivity index (χ1) is 13.1. The minimum Gasteiger partial charge on any atom is -0.420 e. The summed E-state index contributed by atoms with van der Waals surface area (Å²) in [5.41, 5.74) is 4.27. The first kappa shape index (κ1) is 17.8. The highest BCUT2D eigenvalue weighted by atomic mass is 35.5. The molecule has 0 aliphatic heterocycles. The molecule has 0 N–H and O–H groups in total. The minimum atomic E-state index is 0.425. The number of aromatic nitrogens is 4. The molecule has 0 atom stereocenters. The number of halogens is 1. The van der Waals surface area contributed by atoms with Crippen LogP contribution in [0.15, 0.2) is 64.4 Å². The Morgan fingerprint density at radius 1 is 1.07 bits per heavy atom. The molecule has 4 aromatic rings. The first-order valence-corrected chi connectivity index (χ1v) is 9.78. The zero-order valence-electron chi connectivity index (χ0n) is 14.9. The minimum absolute atomic E-state index is 0.425. The molecule has 2 aromatic carbocycles. The van der Waals surface area contributed by atoms with Gasteiger partial charge in [-0.3, -0.25) is 4.57 Å². The Morgan fingerprint density at radius 2 is 1.85 bits per heavy atom. The van der Waals surface area contributed by atoms with Gasteiger partial charge in [-0.15, -0.1) is 10.2 Å². The average molecular weight is 397 g/mol. The van der Waals surface area contributed by atoms with Crippen LogP contribution in [0.3, 0.4) is 0 Å². The summed E-state index contributed by atoms with van der Waals surface area (Å²) in [6, 6.07) is 13.9. The molecule has 0 bridgehead atoms. The van der Waals surface area contributed by atoms with E-state index in [1.54, 1.807) is 24.0 Å². The summed E-state index contributed by atoms with van der Waals surface area (Å²) in [5.74, 6) is 1.48. The fraction of sp³-hybridized carbons (Fsp3) is 0.150. The number of thioether (sulfide) groups is 1. The topological polar surface area (TPSA) is 56.7 Å². The van der Waals surface area contributed by atoms with E-state index in [-0.39, 0.29) is 0 Å². The Hall–Kier alpha value is -2.57. The second-order valence-corrected chi connectivity index (χ2v) is 7.54. The smallest absolute Gasteiger partial charge is 0.249 e. The van der Waals surface area contributed by atoms with E-state index in [2.05, 4.69) is 51.8 Å². The highest BCUT2D eigenvalue weighted by Gasteiger charge is 2.13. The largest absolute Gasteiger partial charge is 0.420 e. The quantitative estimate of drug-likeness (QED) is 0.418. The molecular weight excluding hydrogens is 380 g/mol. The fourth-order valence-electron chi connectivity index (χ4n) is 2.86. The van der Waals surface area contributed by atoms with Crippen molar-refractivity contribution in [2.45, 2.75) is 24.8 Å². The van der Waals surface area contributed by atoms with Gasteiger partial charge in [-0.25, -0.2) is 4.98 Å². The van der Waals surface area contributed by atoms with Gasteiger partial charge in [0.15, 0.2) is 5.16 Å². The molecular formula is C20H17ClN4OS. The van der Waals surface area contributed by atoms with Gasteiger partial charge in [0, 0.05) is 18.1 Å². The van der Waals surface area contributed by atoms with Gasteiger partial charge in [0.25, 0.3) is 0 Å². The van der Waals surface area contributed by atoms with Crippen LogP contribution >= 0.6 is 23.4 Å². The van der Waals surface area contributed by atoms with Crippen LogP contribution in [0.4, 0.5) is 0 Å². The first-order valence-electron chi connectivity index (χ1n) is 8.42. The van der Waals surface area contributed by atoms with E-state index in [1.165, 1.54) is 11.1 Å². The third kappa shape index (κ3) is 3.91. The molecule has 0 saturated carbocycles. The number of imidazole rings is 1. The predicted octanol–water partition coefficient (Wildman–Crippen LogP) is 5.48. The summed E-state index contributed by atoms with van der Waals surface area (Å²) >= 11 is 7.74. The van der Waals surface area contributed by atoms with Crippen LogP contribution in [0, 0.1) is 13.8 Å². The normalized spacial score (nSPS) is 11.1. The molecule has 2 heterocycles. The summed E-state index contributed by atoms with van der Waals surface area (Å²) in [5, 5.41) is 9.70. The van der Waals surface area contributed by atoms with Crippen LogP contribution in [0.5, 0.6) is 0 Å². The summed E-state index contributed by atoms with van der Waals surface area (Å²) in [6.07, 6.45) is 3.75. The zero-order valence-corrected chi connectivity index (χ0v) is 16.5. The maximum Gasteiger partial charge on any atom is 0.249 e. The lowest BCUT2D eigenvalue weighted by molar-refractivity contribution is 0.528. The molecule has 27 heavy (non-hydrogen) atoms. The van der Waals surface area contributed by atoms with Gasteiger partial charge >= 0.3 is 0 Å². The Labute approximate surface area is 166 Å². The molecule has 0 spiro atoms. The maximum absolute atomic E-state index is 6.19. The Balaban J connectivity index is 1.52. The van der Waals surface area contributed by atoms with Crippen molar-refractivity contribution >= 4 is 23.4 Å². The standard InChI is InChI=1S/C20H17ClN4OS/c1-13-9-14(2)11-15(10-13)25-8-7-22-20(25)27-12-18-23-24-19(26-18)16-5-3-4-6-17(16)21/h3-11H,12H2,1-2H3. The number of aryl methyl sites for hydroxylation is 2. The van der Waals surface area contributed by atoms with Crippen molar-refractivity contribution in [3.05, 3.63) is 76.9 Å². The van der Waals surface area contributed by atoms with E-state index in [4.69, 9.17) is 16.0 Å². The average Bonchev–Trinajstić information content (AvgIpc) is 3.29. The lowest BCUT2D eigenvalue weighted by atomic mass is 10.1. The van der Waals surface area contributed by atoms with Gasteiger partial charge in [-0.1, -0.05) is 41.6 Å². The summed E-state index contributed by atoms with van der Waals surface area (Å²) in [6.45, 7) is 4.18. The molecule has 0 saturated heterocycles. The van der Waals surface area contributed by atoms with Crippen LogP contribution in [-0.4, -0.2) is 19.7 Å². The zero-order chi connectivity index (χ0) is 18.8. The summed E-state index contributed by atoms with van der Waals surface area (Å²) in [4.78, 5) is 4.46. The highest BCUT2D eigenvalue weighted by molar-refractivity contribution is 7.98. The monoisotopic (exact) mass is 396 g/mol. The van der Waals surface area contributed by atoms with Gasteiger partial charge in [0.05, 0.1) is 16.3 Å². The molecule has 7 heteroatoms. The number of hydrogen-bond acceptors (Lipinski definition) is 5. The van der Waals surface area contributed by atoms with Gasteiger partial charge in [-0.05, 0) is 49.2 Å².